The molecule has 1 aliphatic heterocycles. The van der Waals surface area contributed by atoms with Crippen molar-refractivity contribution in [1.82, 2.24) is 10.2 Å². The van der Waals surface area contributed by atoms with Crippen LogP contribution in [0.2, 0.25) is 0 Å². The minimum Gasteiger partial charge on any atom is -0.444 e. The summed E-state index contributed by atoms with van der Waals surface area (Å²) in [5.74, 6) is -0.963. The van der Waals surface area contributed by atoms with E-state index in [1.165, 1.54) is 11.0 Å². The summed E-state index contributed by atoms with van der Waals surface area (Å²) in [7, 11) is -3.09. The molecule has 2 N–H and O–H groups in total. The van der Waals surface area contributed by atoms with Crippen LogP contribution in [0.3, 0.4) is 0 Å². The van der Waals surface area contributed by atoms with Gasteiger partial charge in [0.2, 0.25) is 5.91 Å². The minimum atomic E-state index is -3.09. The van der Waals surface area contributed by atoms with E-state index >= 15 is 0 Å². The molecule has 1 aliphatic rings. The topological polar surface area (TPSA) is 122 Å². The molecule has 1 unspecified atom stereocenters. The van der Waals surface area contributed by atoms with Crippen LogP contribution in [0.25, 0.3) is 0 Å². The first-order chi connectivity index (χ1) is 13.4. The number of benzene rings is 1. The lowest BCUT2D eigenvalue weighted by molar-refractivity contribution is -0.132. The predicted octanol–water partition coefficient (Wildman–Crippen LogP) is 1.41. The number of nitrogens with one attached hydrogen (secondary N) is 2. The Morgan fingerprint density at radius 1 is 1.14 bits per heavy atom. The van der Waals surface area contributed by atoms with Crippen LogP contribution >= 0.6 is 0 Å². The van der Waals surface area contributed by atoms with Crippen molar-refractivity contribution in [3.8, 4) is 0 Å². The van der Waals surface area contributed by atoms with Crippen molar-refractivity contribution in [2.45, 2.75) is 39.3 Å². The average molecular weight is 426 g/mol. The van der Waals surface area contributed by atoms with Crippen LogP contribution in [-0.2, 0) is 19.4 Å². The highest BCUT2D eigenvalue weighted by atomic mass is 32.2. The summed E-state index contributed by atoms with van der Waals surface area (Å²) >= 11 is 0. The summed E-state index contributed by atoms with van der Waals surface area (Å²) in [5, 5.41) is 5.17. The summed E-state index contributed by atoms with van der Waals surface area (Å²) in [4.78, 5) is 38.3. The normalized spacial score (nSPS) is 17.2. The van der Waals surface area contributed by atoms with Gasteiger partial charge >= 0.3 is 6.09 Å². The fourth-order valence-corrected chi connectivity index (χ4v) is 3.91. The molecule has 0 aliphatic carbocycles. The van der Waals surface area contributed by atoms with Gasteiger partial charge in [0.1, 0.15) is 11.6 Å². The third-order valence-corrected chi connectivity index (χ3v) is 5.75. The first-order valence-electron chi connectivity index (χ1n) is 9.26. The highest BCUT2D eigenvalue weighted by molar-refractivity contribution is 7.91. The highest BCUT2D eigenvalue weighted by Gasteiger charge is 2.28. The van der Waals surface area contributed by atoms with E-state index in [0.717, 1.165) is 0 Å². The molecule has 0 saturated carbocycles. The molecule has 2 rings (SSSR count). The molecule has 1 atom stereocenters. The fourth-order valence-electron chi connectivity index (χ4n) is 2.71. The SMILES string of the molecule is CC(NC(=O)c1cccc(NC(=O)OC(C)(C)C)c1)C(=O)N1CCS(=O)(=O)CC1. The maximum atomic E-state index is 12.5. The lowest BCUT2D eigenvalue weighted by Gasteiger charge is -2.29. The molecule has 1 saturated heterocycles. The lowest BCUT2D eigenvalue weighted by Crippen LogP contribution is -2.51. The van der Waals surface area contributed by atoms with E-state index in [2.05, 4.69) is 10.6 Å². The van der Waals surface area contributed by atoms with Gasteiger partial charge < -0.3 is 15.0 Å². The monoisotopic (exact) mass is 425 g/mol. The van der Waals surface area contributed by atoms with Gasteiger partial charge in [-0.15, -0.1) is 0 Å². The van der Waals surface area contributed by atoms with Gasteiger partial charge in [0, 0.05) is 24.3 Å². The van der Waals surface area contributed by atoms with Crippen molar-refractivity contribution in [2.75, 3.05) is 29.9 Å². The van der Waals surface area contributed by atoms with Crippen molar-refractivity contribution in [3.05, 3.63) is 29.8 Å². The first kappa shape index (κ1) is 22.7. The van der Waals surface area contributed by atoms with Crippen LogP contribution in [0.5, 0.6) is 0 Å². The smallest absolute Gasteiger partial charge is 0.412 e. The second-order valence-corrected chi connectivity index (χ2v) is 10.2. The summed E-state index contributed by atoms with van der Waals surface area (Å²) in [6.45, 7) is 7.02. The zero-order valence-electron chi connectivity index (χ0n) is 17.0. The van der Waals surface area contributed by atoms with E-state index in [4.69, 9.17) is 4.74 Å². The number of hydrogen-bond donors (Lipinski definition) is 2. The van der Waals surface area contributed by atoms with E-state index in [-0.39, 0.29) is 36.1 Å². The van der Waals surface area contributed by atoms with E-state index in [0.29, 0.717) is 5.69 Å². The Kier molecular flexibility index (Phi) is 6.89. The molecule has 9 nitrogen and oxygen atoms in total. The van der Waals surface area contributed by atoms with Crippen molar-refractivity contribution < 1.29 is 27.5 Å². The Bertz CT molecular complexity index is 877. The third kappa shape index (κ3) is 7.04. The van der Waals surface area contributed by atoms with Crippen LogP contribution in [0.1, 0.15) is 38.1 Å². The Labute approximate surface area is 170 Å². The predicted molar refractivity (Wildman–Crippen MR) is 108 cm³/mol. The van der Waals surface area contributed by atoms with Crippen molar-refractivity contribution >= 4 is 33.4 Å². The molecule has 1 heterocycles. The number of rotatable bonds is 4. The van der Waals surface area contributed by atoms with Gasteiger partial charge in [-0.1, -0.05) is 6.07 Å². The van der Waals surface area contributed by atoms with E-state index < -0.39 is 33.5 Å². The fraction of sp³-hybridized carbons (Fsp3) is 0.526. The van der Waals surface area contributed by atoms with Gasteiger partial charge in [0.05, 0.1) is 11.5 Å². The molecule has 1 aromatic carbocycles. The maximum Gasteiger partial charge on any atom is 0.412 e. The lowest BCUT2D eigenvalue weighted by atomic mass is 10.1. The summed E-state index contributed by atoms with van der Waals surface area (Å²) < 4.78 is 28.2. The zero-order chi connectivity index (χ0) is 21.8. The third-order valence-electron chi connectivity index (χ3n) is 4.14. The first-order valence-corrected chi connectivity index (χ1v) is 11.1. The molecule has 1 fully saturated rings. The summed E-state index contributed by atoms with van der Waals surface area (Å²) in [5.41, 5.74) is -0.00520. The Morgan fingerprint density at radius 2 is 1.76 bits per heavy atom. The number of anilines is 1. The van der Waals surface area contributed by atoms with Crippen molar-refractivity contribution in [3.63, 3.8) is 0 Å². The van der Waals surface area contributed by atoms with E-state index in [1.807, 2.05) is 0 Å². The van der Waals surface area contributed by atoms with Crippen LogP contribution in [0.15, 0.2) is 24.3 Å². The van der Waals surface area contributed by atoms with Gasteiger partial charge in [-0.2, -0.15) is 0 Å². The van der Waals surface area contributed by atoms with Crippen molar-refractivity contribution in [1.29, 1.82) is 0 Å². The largest absolute Gasteiger partial charge is 0.444 e. The second kappa shape index (κ2) is 8.81. The van der Waals surface area contributed by atoms with Gasteiger partial charge in [-0.3, -0.25) is 14.9 Å². The van der Waals surface area contributed by atoms with Gasteiger partial charge in [0.15, 0.2) is 9.84 Å². The maximum absolute atomic E-state index is 12.5. The van der Waals surface area contributed by atoms with Gasteiger partial charge in [-0.05, 0) is 45.9 Å². The Morgan fingerprint density at radius 3 is 2.34 bits per heavy atom. The molecule has 0 spiro atoms. The average Bonchev–Trinajstić information content (AvgIpc) is 2.59. The van der Waals surface area contributed by atoms with Crippen LogP contribution in [0.4, 0.5) is 10.5 Å². The molecule has 0 aromatic heterocycles. The highest BCUT2D eigenvalue weighted by Crippen LogP contribution is 2.14. The minimum absolute atomic E-state index is 0.0716. The molecule has 1 aromatic rings. The zero-order valence-corrected chi connectivity index (χ0v) is 17.8. The molecule has 10 heteroatoms. The second-order valence-electron chi connectivity index (χ2n) is 7.88. The molecular formula is C19H27N3O6S. The van der Waals surface area contributed by atoms with Gasteiger partial charge in [0.25, 0.3) is 5.91 Å². The number of sulfone groups is 1. The number of carbonyl (C=O) groups excluding carboxylic acids is 3. The van der Waals surface area contributed by atoms with E-state index in [9.17, 15) is 22.8 Å². The number of amides is 3. The van der Waals surface area contributed by atoms with Crippen LogP contribution < -0.4 is 10.6 Å². The number of carbonyl (C=O) groups is 3. The molecule has 3 amide bonds. The quantitative estimate of drug-likeness (QED) is 0.752. The van der Waals surface area contributed by atoms with E-state index in [1.54, 1.807) is 45.9 Å². The number of nitrogens with zero attached hydrogens (tertiary/aromatic N) is 1. The summed E-state index contributed by atoms with van der Waals surface area (Å²) in [6.07, 6.45) is -0.640. The Hall–Kier alpha value is -2.62. The van der Waals surface area contributed by atoms with Crippen LogP contribution in [0, 0.1) is 0 Å². The standard InChI is InChI=1S/C19H27N3O6S/c1-13(17(24)22-8-10-29(26,27)11-9-22)20-16(23)14-6-5-7-15(12-14)21-18(25)28-19(2,3)4/h5-7,12-13H,8-11H2,1-4H3,(H,20,23)(H,21,25). The molecule has 0 radical (unpaired) electrons. The molecule has 0 bridgehead atoms. The number of ether oxygens (including phenoxy) is 1. The Balaban J connectivity index is 1.96. The van der Waals surface area contributed by atoms with Gasteiger partial charge in [-0.25, -0.2) is 13.2 Å². The summed E-state index contributed by atoms with van der Waals surface area (Å²) in [6, 6.07) is 5.43. The molecule has 160 valence electrons. The number of hydrogen-bond acceptors (Lipinski definition) is 6. The molecule has 29 heavy (non-hydrogen) atoms. The van der Waals surface area contributed by atoms with Crippen LogP contribution in [-0.4, -0.2) is 67.5 Å². The van der Waals surface area contributed by atoms with Crippen molar-refractivity contribution in [2.24, 2.45) is 0 Å². The molecular weight excluding hydrogens is 398 g/mol.